The molecule has 5 aromatic carbocycles. The second-order valence-corrected chi connectivity index (χ2v) is 15.9. The van der Waals surface area contributed by atoms with Gasteiger partial charge < -0.3 is 5.11 Å². The summed E-state index contributed by atoms with van der Waals surface area (Å²) in [5.41, 5.74) is 8.36. The number of fused-ring (bicyclic) bond motifs is 2. The number of hydrogen-bond acceptors (Lipinski definition) is 3. The van der Waals surface area contributed by atoms with Gasteiger partial charge in [0, 0.05) is 35.2 Å². The number of aliphatic hydroxyl groups is 1. The average Bonchev–Trinajstić information content (AvgIpc) is 3.42. The van der Waals surface area contributed by atoms with Gasteiger partial charge in [-0.25, -0.2) is 0 Å². The molecule has 0 aromatic heterocycles. The van der Waals surface area contributed by atoms with Crippen molar-refractivity contribution in [1.82, 2.24) is 0 Å². The van der Waals surface area contributed by atoms with Crippen LogP contribution in [0.4, 0.5) is 0 Å². The third kappa shape index (κ3) is 6.82. The van der Waals surface area contributed by atoms with Crippen molar-refractivity contribution in [1.29, 1.82) is 0 Å². The summed E-state index contributed by atoms with van der Waals surface area (Å²) in [6.07, 6.45) is 10.8. The SMILES string of the molecule is Cc1ccc(SC2=CCCCc3cc4c(c(C(O)(c5ccc(Cl)cc5)c5ccc(Cl)cc5)c32)C(Sc2ccc(C)cc2)=CCCC4)cc1. The van der Waals surface area contributed by atoms with Crippen LogP contribution in [0.15, 0.2) is 125 Å². The lowest BCUT2D eigenvalue weighted by Crippen LogP contribution is -2.32. The molecule has 0 heterocycles. The van der Waals surface area contributed by atoms with E-state index in [4.69, 9.17) is 23.2 Å². The summed E-state index contributed by atoms with van der Waals surface area (Å²) in [7, 11) is 0. The van der Waals surface area contributed by atoms with Crippen molar-refractivity contribution < 1.29 is 5.11 Å². The van der Waals surface area contributed by atoms with Crippen LogP contribution >= 0.6 is 46.7 Å². The van der Waals surface area contributed by atoms with Gasteiger partial charge in [0.2, 0.25) is 0 Å². The zero-order valence-corrected chi connectivity index (χ0v) is 30.4. The maximum absolute atomic E-state index is 13.8. The fraction of sp³-hybridized carbons (Fsp3) is 0.209. The molecule has 2 aliphatic carbocycles. The van der Waals surface area contributed by atoms with Crippen molar-refractivity contribution >= 4 is 56.5 Å². The largest absolute Gasteiger partial charge is 0.376 e. The molecule has 0 saturated carbocycles. The lowest BCUT2D eigenvalue weighted by Gasteiger charge is -2.36. The second-order valence-electron chi connectivity index (χ2n) is 12.8. The molecule has 0 spiro atoms. The molecule has 0 atom stereocenters. The standard InChI is InChI=1S/C43H38Cl2OS2/c1-28-11-23-36(24-12-28)47-38-9-5-3-7-30-27-31-8-4-6-10-39(48-37-25-13-29(2)14-26-37)41(31)42(40(30)38)43(46,32-15-19-34(44)20-16-32)33-17-21-35(45)22-18-33/h9-27,46H,3-8H2,1-2H3. The van der Waals surface area contributed by atoms with E-state index in [0.29, 0.717) is 10.0 Å². The zero-order valence-electron chi connectivity index (χ0n) is 27.2. The molecule has 0 unspecified atom stereocenters. The minimum Gasteiger partial charge on any atom is -0.376 e. The summed E-state index contributed by atoms with van der Waals surface area (Å²) in [6, 6.07) is 35.4. The van der Waals surface area contributed by atoms with Gasteiger partial charge in [0.25, 0.3) is 0 Å². The molecule has 2 aliphatic rings. The van der Waals surface area contributed by atoms with Crippen LogP contribution in [-0.2, 0) is 18.4 Å². The van der Waals surface area contributed by atoms with Crippen LogP contribution in [0.25, 0.3) is 9.81 Å². The summed E-state index contributed by atoms with van der Waals surface area (Å²) >= 11 is 16.5. The lowest BCUT2D eigenvalue weighted by molar-refractivity contribution is 0.125. The molecule has 242 valence electrons. The smallest absolute Gasteiger partial charge is 0.141 e. The number of benzene rings is 5. The highest BCUT2D eigenvalue weighted by Gasteiger charge is 2.41. The van der Waals surface area contributed by atoms with Gasteiger partial charge in [-0.2, -0.15) is 0 Å². The number of rotatable bonds is 7. The summed E-state index contributed by atoms with van der Waals surface area (Å²) in [6.45, 7) is 4.25. The lowest BCUT2D eigenvalue weighted by atomic mass is 9.73. The summed E-state index contributed by atoms with van der Waals surface area (Å²) in [5.74, 6) is 0. The Labute approximate surface area is 303 Å². The third-order valence-electron chi connectivity index (χ3n) is 9.33. The maximum Gasteiger partial charge on any atom is 0.141 e. The first-order chi connectivity index (χ1) is 23.3. The normalized spacial score (nSPS) is 14.7. The van der Waals surface area contributed by atoms with Crippen LogP contribution in [0.2, 0.25) is 10.0 Å². The zero-order chi connectivity index (χ0) is 33.3. The highest BCUT2D eigenvalue weighted by Crippen LogP contribution is 2.53. The molecule has 5 aromatic rings. The Hall–Kier alpha value is -3.18. The van der Waals surface area contributed by atoms with E-state index in [-0.39, 0.29) is 0 Å². The Morgan fingerprint density at radius 2 is 0.958 bits per heavy atom. The van der Waals surface area contributed by atoms with Crippen molar-refractivity contribution in [3.05, 3.63) is 175 Å². The molecule has 0 amide bonds. The predicted molar refractivity (Wildman–Crippen MR) is 207 cm³/mol. The van der Waals surface area contributed by atoms with Gasteiger partial charge in [-0.15, -0.1) is 0 Å². The van der Waals surface area contributed by atoms with Gasteiger partial charge in [0.05, 0.1) is 0 Å². The molecular weight excluding hydrogens is 668 g/mol. The molecule has 5 heteroatoms. The van der Waals surface area contributed by atoms with Gasteiger partial charge >= 0.3 is 0 Å². The molecule has 1 N–H and O–H groups in total. The Bertz CT molecular complexity index is 1850. The first-order valence-electron chi connectivity index (χ1n) is 16.6. The molecule has 7 rings (SSSR count). The minimum absolute atomic E-state index is 0.633. The molecule has 0 saturated heterocycles. The highest BCUT2D eigenvalue weighted by atomic mass is 35.5. The molecule has 1 nitrogen and oxygen atoms in total. The number of aryl methyl sites for hydroxylation is 4. The number of thioether (sulfide) groups is 2. The quantitative estimate of drug-likeness (QED) is 0.170. The van der Waals surface area contributed by atoms with Crippen LogP contribution in [0.1, 0.15) is 75.8 Å². The van der Waals surface area contributed by atoms with Gasteiger partial charge in [-0.1, -0.05) is 125 Å². The Morgan fingerprint density at radius 3 is 1.35 bits per heavy atom. The number of allylic oxidation sites excluding steroid dienone is 2. The van der Waals surface area contributed by atoms with Gasteiger partial charge in [0.1, 0.15) is 5.60 Å². The first-order valence-corrected chi connectivity index (χ1v) is 19.0. The molecule has 0 radical (unpaired) electrons. The van der Waals surface area contributed by atoms with E-state index in [1.165, 1.54) is 41.9 Å². The molecule has 0 fully saturated rings. The van der Waals surface area contributed by atoms with E-state index in [2.05, 4.69) is 80.6 Å². The topological polar surface area (TPSA) is 20.2 Å². The highest BCUT2D eigenvalue weighted by molar-refractivity contribution is 8.08. The first kappa shape index (κ1) is 33.3. The fourth-order valence-electron chi connectivity index (χ4n) is 6.86. The van der Waals surface area contributed by atoms with Crippen LogP contribution in [0.5, 0.6) is 0 Å². The Kier molecular flexibility index (Phi) is 9.96. The van der Waals surface area contributed by atoms with Crippen LogP contribution < -0.4 is 0 Å². The maximum atomic E-state index is 13.8. The van der Waals surface area contributed by atoms with E-state index < -0.39 is 5.60 Å². The van der Waals surface area contributed by atoms with Gasteiger partial charge in [-0.05, 0) is 134 Å². The summed E-state index contributed by atoms with van der Waals surface area (Å²) in [5, 5.41) is 15.1. The Balaban J connectivity index is 1.57. The average molecular weight is 706 g/mol. The van der Waals surface area contributed by atoms with Crippen LogP contribution in [-0.4, -0.2) is 5.11 Å². The van der Waals surface area contributed by atoms with E-state index in [1.54, 1.807) is 23.5 Å². The van der Waals surface area contributed by atoms with Gasteiger partial charge in [-0.3, -0.25) is 0 Å². The van der Waals surface area contributed by atoms with Crippen LogP contribution in [0.3, 0.4) is 0 Å². The minimum atomic E-state index is -1.50. The van der Waals surface area contributed by atoms with Gasteiger partial charge in [0.15, 0.2) is 0 Å². The van der Waals surface area contributed by atoms with Crippen LogP contribution in [0, 0.1) is 13.8 Å². The van der Waals surface area contributed by atoms with E-state index in [9.17, 15) is 5.11 Å². The number of halogens is 2. The fourth-order valence-corrected chi connectivity index (χ4v) is 9.24. The predicted octanol–water partition coefficient (Wildman–Crippen LogP) is 12.8. The van der Waals surface area contributed by atoms with Crippen molar-refractivity contribution in [2.24, 2.45) is 0 Å². The van der Waals surface area contributed by atoms with Crippen molar-refractivity contribution in [3.8, 4) is 0 Å². The molecular formula is C43H38Cl2OS2. The van der Waals surface area contributed by atoms with E-state index in [1.807, 2.05) is 48.5 Å². The van der Waals surface area contributed by atoms with Crippen molar-refractivity contribution in [2.45, 2.75) is 67.8 Å². The second kappa shape index (κ2) is 14.4. The van der Waals surface area contributed by atoms with Crippen molar-refractivity contribution in [2.75, 3.05) is 0 Å². The number of hydrogen-bond donors (Lipinski definition) is 1. The monoisotopic (exact) mass is 704 g/mol. The molecule has 48 heavy (non-hydrogen) atoms. The molecule has 0 bridgehead atoms. The van der Waals surface area contributed by atoms with E-state index >= 15 is 0 Å². The van der Waals surface area contributed by atoms with E-state index in [0.717, 1.165) is 66.3 Å². The summed E-state index contributed by atoms with van der Waals surface area (Å²) < 4.78 is 0. The summed E-state index contributed by atoms with van der Waals surface area (Å²) in [4.78, 5) is 4.75. The third-order valence-corrected chi connectivity index (χ3v) is 12.0. The molecule has 0 aliphatic heterocycles. The van der Waals surface area contributed by atoms with Crippen molar-refractivity contribution in [3.63, 3.8) is 0 Å². The Morgan fingerprint density at radius 1 is 0.562 bits per heavy atom.